The zero-order valence-corrected chi connectivity index (χ0v) is 35.3. The number of para-hydroxylation sites is 3. The van der Waals surface area contributed by atoms with Crippen LogP contribution in [0.2, 0.25) is 0 Å². The minimum atomic E-state index is -0.112. The van der Waals surface area contributed by atoms with Gasteiger partial charge in [0.25, 0.3) is 0 Å². The molecule has 0 spiro atoms. The van der Waals surface area contributed by atoms with Crippen LogP contribution in [0.25, 0.3) is 82.8 Å². The monoisotopic (exact) mass is 804 g/mol. The van der Waals surface area contributed by atoms with Crippen LogP contribution in [0, 0.1) is 0 Å². The summed E-state index contributed by atoms with van der Waals surface area (Å²) in [5.41, 5.74) is 19.4. The molecule has 0 saturated heterocycles. The van der Waals surface area contributed by atoms with Gasteiger partial charge >= 0.3 is 0 Å². The summed E-state index contributed by atoms with van der Waals surface area (Å²) >= 11 is 0. The molecular weight excluding hydrogens is 761 g/mol. The van der Waals surface area contributed by atoms with Gasteiger partial charge in [0.2, 0.25) is 0 Å². The van der Waals surface area contributed by atoms with Crippen LogP contribution < -0.4 is 4.90 Å². The highest BCUT2D eigenvalue weighted by atomic mass is 15.1. The highest BCUT2D eigenvalue weighted by Gasteiger charge is 2.35. The molecule has 298 valence electrons. The largest absolute Gasteiger partial charge is 0.310 e. The van der Waals surface area contributed by atoms with Gasteiger partial charge in [0.1, 0.15) is 0 Å². The molecule has 11 aromatic rings. The van der Waals surface area contributed by atoms with E-state index in [0.29, 0.717) is 0 Å². The average Bonchev–Trinajstić information content (AvgIpc) is 3.80. The Morgan fingerprint density at radius 1 is 0.349 bits per heavy atom. The fourth-order valence-electron chi connectivity index (χ4n) is 10.4. The SMILES string of the molecule is CC1(C)c2ccccc2-c2ccc(N(c3ccc(-c4ccccc4)cc3)c3ccc(-c4ccccc4-n4c5ccccc5c5cccc(-c6cccc7ccccc67)c54)cc3)cc21. The molecule has 63 heavy (non-hydrogen) atoms. The molecule has 0 fully saturated rings. The lowest BCUT2D eigenvalue weighted by molar-refractivity contribution is 0.660. The Morgan fingerprint density at radius 3 is 1.70 bits per heavy atom. The van der Waals surface area contributed by atoms with Crippen molar-refractivity contribution in [3.8, 4) is 50.2 Å². The minimum Gasteiger partial charge on any atom is -0.310 e. The number of nitrogens with zero attached hydrogens (tertiary/aromatic N) is 2. The number of rotatable bonds is 7. The Morgan fingerprint density at radius 2 is 0.889 bits per heavy atom. The Kier molecular flexibility index (Phi) is 8.55. The van der Waals surface area contributed by atoms with Crippen molar-refractivity contribution in [2.24, 2.45) is 0 Å². The van der Waals surface area contributed by atoms with E-state index in [-0.39, 0.29) is 5.41 Å². The first-order chi connectivity index (χ1) is 31.0. The summed E-state index contributed by atoms with van der Waals surface area (Å²) in [4.78, 5) is 2.41. The molecule has 12 rings (SSSR count). The lowest BCUT2D eigenvalue weighted by atomic mass is 9.82. The van der Waals surface area contributed by atoms with Gasteiger partial charge in [-0.15, -0.1) is 0 Å². The van der Waals surface area contributed by atoms with Crippen LogP contribution in [0.15, 0.2) is 231 Å². The molecule has 1 aromatic heterocycles. The molecule has 0 amide bonds. The average molecular weight is 805 g/mol. The number of hydrogen-bond acceptors (Lipinski definition) is 1. The summed E-state index contributed by atoms with van der Waals surface area (Å²) in [6.45, 7) is 4.71. The van der Waals surface area contributed by atoms with Crippen LogP contribution in [-0.2, 0) is 5.41 Å². The molecule has 1 aliphatic rings. The molecule has 0 atom stereocenters. The first-order valence-corrected chi connectivity index (χ1v) is 21.9. The van der Waals surface area contributed by atoms with Gasteiger partial charge in [-0.1, -0.05) is 196 Å². The fraction of sp³-hybridized carbons (Fsp3) is 0.0492. The van der Waals surface area contributed by atoms with Gasteiger partial charge in [0, 0.05) is 44.4 Å². The Balaban J connectivity index is 1.00. The van der Waals surface area contributed by atoms with Crippen LogP contribution in [0.3, 0.4) is 0 Å². The van der Waals surface area contributed by atoms with Crippen molar-refractivity contribution in [1.82, 2.24) is 4.57 Å². The molecule has 0 unspecified atom stereocenters. The van der Waals surface area contributed by atoms with E-state index in [1.165, 1.54) is 82.6 Å². The molecule has 1 aliphatic carbocycles. The van der Waals surface area contributed by atoms with Crippen molar-refractivity contribution >= 4 is 49.6 Å². The lowest BCUT2D eigenvalue weighted by Gasteiger charge is -2.28. The minimum absolute atomic E-state index is 0.112. The van der Waals surface area contributed by atoms with E-state index < -0.39 is 0 Å². The number of benzene rings is 10. The molecule has 2 nitrogen and oxygen atoms in total. The number of aromatic nitrogens is 1. The molecule has 10 aromatic carbocycles. The number of anilines is 3. The third kappa shape index (κ3) is 5.94. The summed E-state index contributed by atoms with van der Waals surface area (Å²) in [6.07, 6.45) is 0. The second kappa shape index (κ2) is 14.6. The molecule has 2 heteroatoms. The molecule has 1 heterocycles. The van der Waals surface area contributed by atoms with E-state index in [0.717, 1.165) is 28.3 Å². The van der Waals surface area contributed by atoms with Crippen molar-refractivity contribution in [3.05, 3.63) is 242 Å². The summed E-state index contributed by atoms with van der Waals surface area (Å²) in [7, 11) is 0. The highest BCUT2D eigenvalue weighted by Crippen LogP contribution is 2.51. The third-order valence-electron chi connectivity index (χ3n) is 13.4. The molecular formula is C61H44N2. The van der Waals surface area contributed by atoms with Gasteiger partial charge < -0.3 is 9.47 Å². The second-order valence-electron chi connectivity index (χ2n) is 17.3. The maximum Gasteiger partial charge on any atom is 0.0619 e. The van der Waals surface area contributed by atoms with Crippen LogP contribution in [0.4, 0.5) is 17.1 Å². The normalized spacial score (nSPS) is 12.7. The van der Waals surface area contributed by atoms with Crippen molar-refractivity contribution < 1.29 is 0 Å². The quantitative estimate of drug-likeness (QED) is 0.156. The van der Waals surface area contributed by atoms with E-state index in [1.54, 1.807) is 0 Å². The highest BCUT2D eigenvalue weighted by molar-refractivity contribution is 6.16. The summed E-state index contributed by atoms with van der Waals surface area (Å²) in [6, 6.07) is 84.6. The maximum atomic E-state index is 2.50. The Labute approximate surface area is 368 Å². The van der Waals surface area contributed by atoms with Crippen molar-refractivity contribution in [1.29, 1.82) is 0 Å². The molecule has 0 saturated carbocycles. The molecule has 0 radical (unpaired) electrons. The van der Waals surface area contributed by atoms with Crippen LogP contribution in [0.5, 0.6) is 0 Å². The second-order valence-corrected chi connectivity index (χ2v) is 17.3. The standard InChI is InChI=1S/C61H44N2/c1-61(2)56-27-11-8-22-51(56)52-39-38-47(40-57(52)61)62(45-34-30-42(31-35-45)41-16-4-3-5-17-41)46-36-32-44(33-37-46)49-21-9-12-28-58(49)63-59-29-13-10-23-53(59)55-26-15-25-54(60(55)63)50-24-14-19-43-18-6-7-20-48(43)50/h3-40H,1-2H3. The van der Waals surface area contributed by atoms with E-state index in [9.17, 15) is 0 Å². The zero-order valence-electron chi connectivity index (χ0n) is 35.3. The van der Waals surface area contributed by atoms with Crippen LogP contribution in [-0.4, -0.2) is 4.57 Å². The predicted octanol–water partition coefficient (Wildman–Crippen LogP) is 16.7. The predicted molar refractivity (Wildman–Crippen MR) is 267 cm³/mol. The van der Waals surface area contributed by atoms with E-state index in [1.807, 2.05) is 0 Å². The Hall–Kier alpha value is -7.94. The first-order valence-electron chi connectivity index (χ1n) is 21.9. The van der Waals surface area contributed by atoms with Gasteiger partial charge in [-0.25, -0.2) is 0 Å². The van der Waals surface area contributed by atoms with Crippen LogP contribution >= 0.6 is 0 Å². The zero-order chi connectivity index (χ0) is 42.1. The molecule has 0 bridgehead atoms. The smallest absolute Gasteiger partial charge is 0.0619 e. The van der Waals surface area contributed by atoms with Crippen molar-refractivity contribution in [3.63, 3.8) is 0 Å². The number of fused-ring (bicyclic) bond motifs is 7. The third-order valence-corrected chi connectivity index (χ3v) is 13.4. The van der Waals surface area contributed by atoms with Gasteiger partial charge in [0.05, 0.1) is 16.7 Å². The van der Waals surface area contributed by atoms with E-state index in [2.05, 4.69) is 254 Å². The van der Waals surface area contributed by atoms with Crippen LogP contribution in [0.1, 0.15) is 25.0 Å². The fourth-order valence-corrected chi connectivity index (χ4v) is 10.4. The number of hydrogen-bond donors (Lipinski definition) is 0. The van der Waals surface area contributed by atoms with E-state index >= 15 is 0 Å². The van der Waals surface area contributed by atoms with Crippen molar-refractivity contribution in [2.45, 2.75) is 19.3 Å². The summed E-state index contributed by atoms with van der Waals surface area (Å²) in [5, 5.41) is 4.99. The van der Waals surface area contributed by atoms with Gasteiger partial charge in [0.15, 0.2) is 0 Å². The van der Waals surface area contributed by atoms with Gasteiger partial charge in [-0.2, -0.15) is 0 Å². The summed E-state index contributed by atoms with van der Waals surface area (Å²) < 4.78 is 2.50. The maximum absolute atomic E-state index is 2.50. The van der Waals surface area contributed by atoms with Gasteiger partial charge in [-0.05, 0) is 104 Å². The molecule has 0 aliphatic heterocycles. The Bertz CT molecular complexity index is 3510. The first kappa shape index (κ1) is 36.9. The topological polar surface area (TPSA) is 8.17 Å². The van der Waals surface area contributed by atoms with Crippen molar-refractivity contribution in [2.75, 3.05) is 4.90 Å². The molecule has 0 N–H and O–H groups in total. The lowest BCUT2D eigenvalue weighted by Crippen LogP contribution is -2.16. The summed E-state index contributed by atoms with van der Waals surface area (Å²) in [5.74, 6) is 0. The van der Waals surface area contributed by atoms with Gasteiger partial charge in [-0.3, -0.25) is 0 Å². The van der Waals surface area contributed by atoms with E-state index in [4.69, 9.17) is 0 Å².